The second-order valence-corrected chi connectivity index (χ2v) is 7.29. The summed E-state index contributed by atoms with van der Waals surface area (Å²) in [6.07, 6.45) is 5.19. The van der Waals surface area contributed by atoms with E-state index in [1.54, 1.807) is 0 Å². The normalized spacial score (nSPS) is 28.1. The predicted molar refractivity (Wildman–Crippen MR) is 83.4 cm³/mol. The topological polar surface area (TPSA) is 75.7 Å². The van der Waals surface area contributed by atoms with Crippen LogP contribution in [0.25, 0.3) is 0 Å². The van der Waals surface area contributed by atoms with Gasteiger partial charge in [0.1, 0.15) is 6.61 Å². The van der Waals surface area contributed by atoms with Gasteiger partial charge in [-0.05, 0) is 42.1 Å². The SMILES string of the molecule is CC1(C)[C@H]2CC=C(COC(=O)CCCN3C(=O)CNC3=O)[C@@H]1C2. The van der Waals surface area contributed by atoms with Gasteiger partial charge in [0.2, 0.25) is 5.91 Å². The third-order valence-electron chi connectivity index (χ3n) is 5.68. The zero-order valence-corrected chi connectivity index (χ0v) is 13.8. The number of fused-ring (bicyclic) bond motifs is 1. The average Bonchev–Trinajstić information content (AvgIpc) is 2.84. The monoisotopic (exact) mass is 320 g/mol. The van der Waals surface area contributed by atoms with E-state index < -0.39 is 0 Å². The fourth-order valence-electron chi connectivity index (χ4n) is 3.94. The maximum Gasteiger partial charge on any atom is 0.324 e. The van der Waals surface area contributed by atoms with Crippen molar-refractivity contribution in [3.8, 4) is 0 Å². The maximum absolute atomic E-state index is 11.8. The Balaban J connectivity index is 1.38. The van der Waals surface area contributed by atoms with Crippen molar-refractivity contribution in [2.75, 3.05) is 19.7 Å². The van der Waals surface area contributed by atoms with Crippen molar-refractivity contribution in [3.05, 3.63) is 11.6 Å². The lowest BCUT2D eigenvalue weighted by atomic mass is 9.49. The molecule has 2 fully saturated rings. The first-order valence-corrected chi connectivity index (χ1v) is 8.32. The van der Waals surface area contributed by atoms with Crippen molar-refractivity contribution >= 4 is 17.9 Å². The van der Waals surface area contributed by atoms with Crippen molar-refractivity contribution in [1.29, 1.82) is 0 Å². The van der Waals surface area contributed by atoms with Crippen LogP contribution in [0.5, 0.6) is 0 Å². The standard InChI is InChI=1S/C17H24N2O4/c1-17(2)12-6-5-11(13(17)8-12)10-23-15(21)4-3-7-19-14(20)9-18-16(19)22/h5,12-13H,3-4,6-10H2,1-2H3,(H,18,22)/t12-,13-/m0/s1. The van der Waals surface area contributed by atoms with Crippen molar-refractivity contribution in [1.82, 2.24) is 10.2 Å². The molecule has 0 aromatic rings. The molecular formula is C17H24N2O4. The summed E-state index contributed by atoms with van der Waals surface area (Å²) in [4.78, 5) is 35.8. The summed E-state index contributed by atoms with van der Waals surface area (Å²) in [6, 6.07) is -0.377. The van der Waals surface area contributed by atoms with Crippen LogP contribution in [0, 0.1) is 17.3 Å². The number of nitrogens with one attached hydrogen (secondary N) is 1. The van der Waals surface area contributed by atoms with Crippen LogP contribution in [0.4, 0.5) is 4.79 Å². The Morgan fingerprint density at radius 2 is 2.22 bits per heavy atom. The highest BCUT2D eigenvalue weighted by Gasteiger charge is 2.51. The molecule has 4 aliphatic rings. The van der Waals surface area contributed by atoms with Crippen molar-refractivity contribution < 1.29 is 19.1 Å². The van der Waals surface area contributed by atoms with E-state index in [0.29, 0.717) is 24.4 Å². The van der Waals surface area contributed by atoms with E-state index >= 15 is 0 Å². The van der Waals surface area contributed by atoms with E-state index in [1.807, 2.05) is 0 Å². The Morgan fingerprint density at radius 1 is 1.43 bits per heavy atom. The zero-order valence-electron chi connectivity index (χ0n) is 13.8. The molecule has 0 spiro atoms. The second kappa shape index (κ2) is 5.98. The minimum Gasteiger partial charge on any atom is -0.461 e. The van der Waals surface area contributed by atoms with E-state index in [-0.39, 0.29) is 37.4 Å². The van der Waals surface area contributed by atoms with Gasteiger partial charge in [-0.1, -0.05) is 19.9 Å². The third-order valence-corrected chi connectivity index (χ3v) is 5.68. The van der Waals surface area contributed by atoms with Gasteiger partial charge in [0, 0.05) is 13.0 Å². The minimum atomic E-state index is -0.377. The van der Waals surface area contributed by atoms with Gasteiger partial charge in [0.25, 0.3) is 0 Å². The van der Waals surface area contributed by atoms with Gasteiger partial charge in [-0.25, -0.2) is 4.79 Å². The van der Waals surface area contributed by atoms with Gasteiger partial charge < -0.3 is 10.1 Å². The Hall–Kier alpha value is -1.85. The molecule has 0 radical (unpaired) electrons. The number of imide groups is 1. The summed E-state index contributed by atoms with van der Waals surface area (Å²) < 4.78 is 5.38. The Kier molecular flexibility index (Phi) is 4.17. The number of urea groups is 1. The summed E-state index contributed by atoms with van der Waals surface area (Å²) in [5.74, 6) is 0.811. The van der Waals surface area contributed by atoms with Crippen molar-refractivity contribution in [2.24, 2.45) is 17.3 Å². The fourth-order valence-corrected chi connectivity index (χ4v) is 3.94. The second-order valence-electron chi connectivity index (χ2n) is 7.29. The smallest absolute Gasteiger partial charge is 0.324 e. The number of allylic oxidation sites excluding steroid dienone is 1. The molecule has 0 aromatic carbocycles. The number of carbonyl (C=O) groups excluding carboxylic acids is 3. The summed E-state index contributed by atoms with van der Waals surface area (Å²) in [5, 5.41) is 2.46. The molecule has 2 bridgehead atoms. The van der Waals surface area contributed by atoms with Crippen molar-refractivity contribution in [2.45, 2.75) is 39.5 Å². The first-order chi connectivity index (χ1) is 10.9. The molecule has 0 aromatic heterocycles. The molecule has 1 N–H and O–H groups in total. The van der Waals surface area contributed by atoms with E-state index in [4.69, 9.17) is 4.74 Å². The lowest BCUT2D eigenvalue weighted by Gasteiger charge is -2.56. The molecule has 23 heavy (non-hydrogen) atoms. The van der Waals surface area contributed by atoms with Crippen LogP contribution in [0.15, 0.2) is 11.6 Å². The van der Waals surface area contributed by atoms with Crippen LogP contribution in [-0.4, -0.2) is 42.5 Å². The van der Waals surface area contributed by atoms with E-state index in [0.717, 1.165) is 17.2 Å². The predicted octanol–water partition coefficient (Wildman–Crippen LogP) is 1.85. The number of ether oxygens (including phenoxy) is 1. The quantitative estimate of drug-likeness (QED) is 0.460. The molecule has 1 saturated heterocycles. The summed E-state index contributed by atoms with van der Waals surface area (Å²) in [6.45, 7) is 5.27. The van der Waals surface area contributed by atoms with Gasteiger partial charge in [-0.2, -0.15) is 0 Å². The first kappa shape index (κ1) is 16.0. The Bertz CT molecular complexity index is 551. The lowest BCUT2D eigenvalue weighted by molar-refractivity contribution is -0.144. The van der Waals surface area contributed by atoms with E-state index in [9.17, 15) is 14.4 Å². The molecule has 3 amide bonds. The molecule has 6 nitrogen and oxygen atoms in total. The molecule has 1 heterocycles. The van der Waals surface area contributed by atoms with Gasteiger partial charge in [0.05, 0.1) is 6.54 Å². The van der Waals surface area contributed by atoms with Gasteiger partial charge in [-0.15, -0.1) is 0 Å². The molecule has 3 aliphatic carbocycles. The molecule has 1 aliphatic heterocycles. The maximum atomic E-state index is 11.8. The number of esters is 1. The average molecular weight is 320 g/mol. The van der Waals surface area contributed by atoms with E-state index in [2.05, 4.69) is 25.2 Å². The molecule has 6 heteroatoms. The Labute approximate surface area is 136 Å². The highest BCUT2D eigenvalue weighted by atomic mass is 16.5. The van der Waals surface area contributed by atoms with Crippen LogP contribution < -0.4 is 5.32 Å². The van der Waals surface area contributed by atoms with Crippen LogP contribution in [-0.2, 0) is 14.3 Å². The fraction of sp³-hybridized carbons (Fsp3) is 0.706. The highest BCUT2D eigenvalue weighted by molar-refractivity contribution is 6.01. The van der Waals surface area contributed by atoms with Crippen molar-refractivity contribution in [3.63, 3.8) is 0 Å². The number of carbonyl (C=O) groups is 3. The summed E-state index contributed by atoms with van der Waals surface area (Å²) >= 11 is 0. The molecule has 1 saturated carbocycles. The summed E-state index contributed by atoms with van der Waals surface area (Å²) in [5.41, 5.74) is 1.58. The Morgan fingerprint density at radius 3 is 2.83 bits per heavy atom. The summed E-state index contributed by atoms with van der Waals surface area (Å²) in [7, 11) is 0. The number of hydrogen-bond acceptors (Lipinski definition) is 4. The molecule has 2 atom stereocenters. The van der Waals surface area contributed by atoms with Crippen LogP contribution in [0.1, 0.15) is 39.5 Å². The van der Waals surface area contributed by atoms with Gasteiger partial charge >= 0.3 is 12.0 Å². The zero-order chi connectivity index (χ0) is 16.6. The third kappa shape index (κ3) is 2.99. The number of hydrogen-bond donors (Lipinski definition) is 1. The number of amides is 3. The van der Waals surface area contributed by atoms with Gasteiger partial charge in [-0.3, -0.25) is 14.5 Å². The van der Waals surface area contributed by atoms with Crippen LogP contribution in [0.2, 0.25) is 0 Å². The number of nitrogens with zero attached hydrogens (tertiary/aromatic N) is 1. The van der Waals surface area contributed by atoms with Gasteiger partial charge in [0.15, 0.2) is 0 Å². The van der Waals surface area contributed by atoms with E-state index in [1.165, 1.54) is 12.0 Å². The minimum absolute atomic E-state index is 0.0512. The largest absolute Gasteiger partial charge is 0.461 e. The molecule has 0 unspecified atom stereocenters. The van der Waals surface area contributed by atoms with Crippen LogP contribution >= 0.6 is 0 Å². The highest BCUT2D eigenvalue weighted by Crippen LogP contribution is 2.59. The molecular weight excluding hydrogens is 296 g/mol. The molecule has 4 rings (SSSR count). The number of rotatable bonds is 6. The molecule has 126 valence electrons. The van der Waals surface area contributed by atoms with Crippen LogP contribution in [0.3, 0.4) is 0 Å². The lowest BCUT2D eigenvalue weighted by Crippen LogP contribution is -2.48. The first-order valence-electron chi connectivity index (χ1n) is 8.32.